The fourth-order valence-corrected chi connectivity index (χ4v) is 1.79. The van der Waals surface area contributed by atoms with Crippen molar-refractivity contribution in [3.63, 3.8) is 0 Å². The molecule has 0 spiro atoms. The fraction of sp³-hybridized carbons (Fsp3) is 0.462. The van der Waals surface area contributed by atoms with E-state index in [-0.39, 0.29) is 11.9 Å². The second-order valence-electron chi connectivity index (χ2n) is 3.93. The van der Waals surface area contributed by atoms with E-state index in [0.29, 0.717) is 11.4 Å². The molecule has 1 N–H and O–H groups in total. The maximum absolute atomic E-state index is 11.9. The molecule has 0 bridgehead atoms. The van der Waals surface area contributed by atoms with E-state index in [9.17, 15) is 4.79 Å². The molecule has 1 rings (SSSR count). The van der Waals surface area contributed by atoms with Crippen LogP contribution in [0.5, 0.6) is 0 Å². The van der Waals surface area contributed by atoms with Gasteiger partial charge in [0.25, 0.3) is 5.91 Å². The third kappa shape index (κ3) is 3.98. The fourth-order valence-electron chi connectivity index (χ4n) is 1.61. The van der Waals surface area contributed by atoms with E-state index in [1.807, 2.05) is 19.1 Å². The molecule has 0 aliphatic rings. The lowest BCUT2D eigenvalue weighted by Crippen LogP contribution is -2.42. The van der Waals surface area contributed by atoms with Crippen molar-refractivity contribution in [2.45, 2.75) is 25.1 Å². The van der Waals surface area contributed by atoms with Crippen molar-refractivity contribution >= 4 is 17.5 Å². The molecule has 0 radical (unpaired) electrons. The Morgan fingerprint density at radius 3 is 2.28 bits per heavy atom. The molecule has 1 unspecified atom stereocenters. The number of benzene rings is 1. The Kier molecular flexibility index (Phi) is 6.12. The first-order valence-corrected chi connectivity index (χ1v) is 6.17. The lowest BCUT2D eigenvalue weighted by Gasteiger charge is -2.22. The number of halogens is 1. The summed E-state index contributed by atoms with van der Waals surface area (Å²) in [6.45, 7) is 1.82. The molecule has 1 amide bonds. The Morgan fingerprint density at radius 1 is 1.28 bits per heavy atom. The highest BCUT2D eigenvalue weighted by Gasteiger charge is 2.18. The van der Waals surface area contributed by atoms with Crippen LogP contribution < -0.4 is 5.32 Å². The van der Waals surface area contributed by atoms with Gasteiger partial charge in [0, 0.05) is 25.7 Å². The van der Waals surface area contributed by atoms with Crippen molar-refractivity contribution < 1.29 is 14.3 Å². The van der Waals surface area contributed by atoms with E-state index < -0.39 is 6.29 Å². The molecule has 0 aromatic heterocycles. The van der Waals surface area contributed by atoms with Crippen LogP contribution in [0.25, 0.3) is 0 Å². The number of methoxy groups -OCH3 is 2. The van der Waals surface area contributed by atoms with E-state index in [2.05, 4.69) is 5.32 Å². The molecule has 18 heavy (non-hydrogen) atoms. The minimum absolute atomic E-state index is 0.164. The summed E-state index contributed by atoms with van der Waals surface area (Å²) in [5, 5.41) is 2.81. The Hall–Kier alpha value is -1.10. The van der Waals surface area contributed by atoms with Crippen molar-refractivity contribution in [2.24, 2.45) is 0 Å². The number of rotatable bonds is 6. The van der Waals surface area contributed by atoms with Crippen LogP contribution >= 0.6 is 11.6 Å². The topological polar surface area (TPSA) is 47.6 Å². The molecule has 1 aromatic carbocycles. The molecular weight excluding hydrogens is 254 g/mol. The molecule has 5 heteroatoms. The standard InChI is InChI=1S/C13H18ClNO3/c1-9(13(17-2)18-3)15-12(16)11-6-4-10(8-14)5-7-11/h4-7,9,13H,8H2,1-3H3,(H,15,16). The molecule has 1 atom stereocenters. The molecule has 0 aliphatic carbocycles. The average Bonchev–Trinajstić information content (AvgIpc) is 2.40. The summed E-state index contributed by atoms with van der Waals surface area (Å²) in [6, 6.07) is 6.91. The van der Waals surface area contributed by atoms with Gasteiger partial charge in [-0.25, -0.2) is 0 Å². The maximum atomic E-state index is 11.9. The third-order valence-electron chi connectivity index (χ3n) is 2.60. The van der Waals surface area contributed by atoms with Crippen LogP contribution in [0.1, 0.15) is 22.8 Å². The molecule has 0 fully saturated rings. The van der Waals surface area contributed by atoms with Crippen molar-refractivity contribution in [3.05, 3.63) is 35.4 Å². The number of nitrogens with one attached hydrogen (secondary N) is 1. The van der Waals surface area contributed by atoms with Crippen LogP contribution in [0.4, 0.5) is 0 Å². The lowest BCUT2D eigenvalue weighted by molar-refractivity contribution is -0.117. The molecule has 4 nitrogen and oxygen atoms in total. The molecule has 0 saturated heterocycles. The van der Waals surface area contributed by atoms with Gasteiger partial charge < -0.3 is 14.8 Å². The zero-order chi connectivity index (χ0) is 13.5. The summed E-state index contributed by atoms with van der Waals surface area (Å²) in [5.74, 6) is 0.274. The van der Waals surface area contributed by atoms with Crippen LogP contribution in [-0.2, 0) is 15.4 Å². The molecule has 0 heterocycles. The van der Waals surface area contributed by atoms with Crippen molar-refractivity contribution in [2.75, 3.05) is 14.2 Å². The SMILES string of the molecule is COC(OC)C(C)NC(=O)c1ccc(CCl)cc1. The van der Waals surface area contributed by atoms with Crippen LogP contribution in [-0.4, -0.2) is 32.5 Å². The smallest absolute Gasteiger partial charge is 0.251 e. The van der Waals surface area contributed by atoms with Crippen molar-refractivity contribution in [3.8, 4) is 0 Å². The molecule has 0 aliphatic heterocycles. The second-order valence-corrected chi connectivity index (χ2v) is 4.20. The van der Waals surface area contributed by atoms with E-state index in [1.165, 1.54) is 14.2 Å². The molecule has 1 aromatic rings. The number of carbonyl (C=O) groups excluding carboxylic acids is 1. The first kappa shape index (κ1) is 15.0. The number of alkyl halides is 1. The summed E-state index contributed by atoms with van der Waals surface area (Å²) in [5.41, 5.74) is 1.56. The highest BCUT2D eigenvalue weighted by molar-refractivity contribution is 6.17. The Labute approximate surface area is 112 Å². The minimum atomic E-state index is -0.462. The summed E-state index contributed by atoms with van der Waals surface area (Å²) >= 11 is 5.69. The zero-order valence-electron chi connectivity index (χ0n) is 10.8. The van der Waals surface area contributed by atoms with E-state index in [4.69, 9.17) is 21.1 Å². The molecule has 100 valence electrons. The number of hydrogen-bond donors (Lipinski definition) is 1. The van der Waals surface area contributed by atoms with Gasteiger partial charge in [-0.2, -0.15) is 0 Å². The van der Waals surface area contributed by atoms with Gasteiger partial charge in [0.2, 0.25) is 0 Å². The minimum Gasteiger partial charge on any atom is -0.354 e. The first-order chi connectivity index (χ1) is 8.62. The quantitative estimate of drug-likeness (QED) is 0.637. The van der Waals surface area contributed by atoms with Crippen LogP contribution in [0.3, 0.4) is 0 Å². The van der Waals surface area contributed by atoms with Gasteiger partial charge in [0.15, 0.2) is 6.29 Å². The van der Waals surface area contributed by atoms with Crippen molar-refractivity contribution in [1.82, 2.24) is 5.32 Å². The second kappa shape index (κ2) is 7.36. The van der Waals surface area contributed by atoms with Crippen LogP contribution in [0, 0.1) is 0 Å². The van der Waals surface area contributed by atoms with E-state index in [1.54, 1.807) is 12.1 Å². The van der Waals surface area contributed by atoms with E-state index >= 15 is 0 Å². The van der Waals surface area contributed by atoms with Crippen LogP contribution in [0.15, 0.2) is 24.3 Å². The summed E-state index contributed by atoms with van der Waals surface area (Å²) in [6.07, 6.45) is -0.462. The van der Waals surface area contributed by atoms with Crippen molar-refractivity contribution in [1.29, 1.82) is 0 Å². The van der Waals surface area contributed by atoms with Gasteiger partial charge in [-0.1, -0.05) is 12.1 Å². The number of amides is 1. The summed E-state index contributed by atoms with van der Waals surface area (Å²) in [7, 11) is 3.07. The average molecular weight is 272 g/mol. The highest BCUT2D eigenvalue weighted by Crippen LogP contribution is 2.08. The normalized spacial score (nSPS) is 12.5. The Balaban J connectivity index is 2.64. The van der Waals surface area contributed by atoms with E-state index in [0.717, 1.165) is 5.56 Å². The molecule has 0 saturated carbocycles. The van der Waals surface area contributed by atoms with Crippen LogP contribution in [0.2, 0.25) is 0 Å². The van der Waals surface area contributed by atoms with Gasteiger partial charge in [0.1, 0.15) is 0 Å². The van der Waals surface area contributed by atoms with Gasteiger partial charge in [0.05, 0.1) is 6.04 Å². The Morgan fingerprint density at radius 2 is 1.83 bits per heavy atom. The van der Waals surface area contributed by atoms with Gasteiger partial charge in [-0.15, -0.1) is 11.6 Å². The third-order valence-corrected chi connectivity index (χ3v) is 2.91. The van der Waals surface area contributed by atoms with Gasteiger partial charge in [-0.3, -0.25) is 4.79 Å². The van der Waals surface area contributed by atoms with Gasteiger partial charge in [-0.05, 0) is 24.6 Å². The largest absolute Gasteiger partial charge is 0.354 e. The van der Waals surface area contributed by atoms with Gasteiger partial charge >= 0.3 is 0 Å². The highest BCUT2D eigenvalue weighted by atomic mass is 35.5. The number of carbonyl (C=O) groups is 1. The number of hydrogen-bond acceptors (Lipinski definition) is 3. The lowest BCUT2D eigenvalue weighted by atomic mass is 10.1. The summed E-state index contributed by atoms with van der Waals surface area (Å²) < 4.78 is 10.2. The monoisotopic (exact) mass is 271 g/mol. The molecular formula is C13H18ClNO3. The Bertz CT molecular complexity index is 376. The first-order valence-electron chi connectivity index (χ1n) is 5.63. The number of ether oxygens (including phenoxy) is 2. The maximum Gasteiger partial charge on any atom is 0.251 e. The summed E-state index contributed by atoms with van der Waals surface area (Å²) in [4.78, 5) is 11.9. The predicted molar refractivity (Wildman–Crippen MR) is 70.7 cm³/mol. The zero-order valence-corrected chi connectivity index (χ0v) is 11.5. The predicted octanol–water partition coefficient (Wildman–Crippen LogP) is 2.16.